The number of anilines is 1. The lowest BCUT2D eigenvalue weighted by molar-refractivity contribution is -0.131. The molecule has 2 N–H and O–H groups in total. The third-order valence-electron chi connectivity index (χ3n) is 5.65. The number of fused-ring (bicyclic) bond motifs is 1. The van der Waals surface area contributed by atoms with Crippen LogP contribution in [0.25, 0.3) is 10.1 Å². The minimum absolute atomic E-state index is 0.133. The zero-order valence-electron chi connectivity index (χ0n) is 16.3. The molecule has 2 aromatic rings. The number of amides is 1. The van der Waals surface area contributed by atoms with Gasteiger partial charge in [0.25, 0.3) is 0 Å². The highest BCUT2D eigenvalue weighted by Crippen LogP contribution is 2.29. The van der Waals surface area contributed by atoms with E-state index in [1.807, 2.05) is 16.7 Å². The molecule has 0 aliphatic carbocycles. The summed E-state index contributed by atoms with van der Waals surface area (Å²) >= 11 is 3.40. The lowest BCUT2D eigenvalue weighted by Gasteiger charge is -2.35. The first-order valence-electron chi connectivity index (χ1n) is 10.2. The third kappa shape index (κ3) is 4.62. The zero-order chi connectivity index (χ0) is 19.3. The van der Waals surface area contributed by atoms with E-state index in [-0.39, 0.29) is 11.9 Å². The molecule has 3 heterocycles. The standard InChI is InChI=1S/C20H29N5OS2/c21-17(20(26)25-13-14-27-15-25)6-3-4-8-23-9-11-24(12-10-23)19-16-5-1-2-7-18(16)28-22-19/h1-2,5,7,17H,3-4,6,8-15,21H2/t17-/m0/s1. The highest BCUT2D eigenvalue weighted by molar-refractivity contribution is 7.99. The Hall–Kier alpha value is -1.35. The number of rotatable bonds is 7. The number of hydrogen-bond acceptors (Lipinski definition) is 7. The molecule has 1 aromatic heterocycles. The molecule has 0 unspecified atom stereocenters. The molecule has 4 rings (SSSR count). The van der Waals surface area contributed by atoms with E-state index in [2.05, 4.69) is 38.4 Å². The average molecular weight is 420 g/mol. The summed E-state index contributed by atoms with van der Waals surface area (Å²) in [4.78, 5) is 19.1. The quantitative estimate of drug-likeness (QED) is 0.696. The van der Waals surface area contributed by atoms with E-state index in [4.69, 9.17) is 5.73 Å². The van der Waals surface area contributed by atoms with Crippen LogP contribution in [0, 0.1) is 0 Å². The molecule has 1 aromatic carbocycles. The van der Waals surface area contributed by atoms with Gasteiger partial charge in [-0.15, -0.1) is 11.8 Å². The molecule has 2 fully saturated rings. The molecule has 1 atom stereocenters. The van der Waals surface area contributed by atoms with Crippen LogP contribution in [-0.2, 0) is 4.79 Å². The second-order valence-electron chi connectivity index (χ2n) is 7.57. The Morgan fingerprint density at radius 2 is 1.96 bits per heavy atom. The van der Waals surface area contributed by atoms with Gasteiger partial charge in [0.05, 0.1) is 16.6 Å². The van der Waals surface area contributed by atoms with Crippen molar-refractivity contribution in [3.05, 3.63) is 24.3 Å². The van der Waals surface area contributed by atoms with Crippen molar-refractivity contribution in [2.24, 2.45) is 5.73 Å². The van der Waals surface area contributed by atoms with Crippen LogP contribution in [0.2, 0.25) is 0 Å². The van der Waals surface area contributed by atoms with Crippen molar-refractivity contribution in [1.82, 2.24) is 14.2 Å². The number of piperazine rings is 1. The van der Waals surface area contributed by atoms with Crippen LogP contribution >= 0.6 is 23.3 Å². The zero-order valence-corrected chi connectivity index (χ0v) is 17.9. The number of unbranched alkanes of at least 4 members (excludes halogenated alkanes) is 1. The van der Waals surface area contributed by atoms with Gasteiger partial charge in [-0.25, -0.2) is 0 Å². The number of benzene rings is 1. The van der Waals surface area contributed by atoms with Gasteiger partial charge < -0.3 is 15.5 Å². The molecule has 0 radical (unpaired) electrons. The van der Waals surface area contributed by atoms with E-state index in [0.717, 1.165) is 76.0 Å². The highest BCUT2D eigenvalue weighted by atomic mass is 32.2. The molecular weight excluding hydrogens is 390 g/mol. The Balaban J connectivity index is 1.16. The molecule has 0 bridgehead atoms. The summed E-state index contributed by atoms with van der Waals surface area (Å²) in [5.74, 6) is 3.13. The van der Waals surface area contributed by atoms with Crippen molar-refractivity contribution >= 4 is 45.1 Å². The Labute approximate surface area is 175 Å². The Kier molecular flexibility index (Phi) is 6.72. The maximum Gasteiger partial charge on any atom is 0.240 e. The fourth-order valence-electron chi connectivity index (χ4n) is 3.93. The van der Waals surface area contributed by atoms with Gasteiger partial charge in [-0.1, -0.05) is 18.6 Å². The molecule has 6 nitrogen and oxygen atoms in total. The van der Waals surface area contributed by atoms with Gasteiger partial charge >= 0.3 is 0 Å². The molecule has 0 spiro atoms. The van der Waals surface area contributed by atoms with Crippen molar-refractivity contribution < 1.29 is 4.79 Å². The topological polar surface area (TPSA) is 65.7 Å². The number of carbonyl (C=O) groups is 1. The molecular formula is C20H29N5OS2. The summed E-state index contributed by atoms with van der Waals surface area (Å²) in [5.41, 5.74) is 6.11. The van der Waals surface area contributed by atoms with Crippen LogP contribution in [0.5, 0.6) is 0 Å². The van der Waals surface area contributed by atoms with Crippen LogP contribution in [0.4, 0.5) is 5.82 Å². The Morgan fingerprint density at radius 1 is 1.14 bits per heavy atom. The lowest BCUT2D eigenvalue weighted by atomic mass is 10.1. The number of thioether (sulfide) groups is 1. The van der Waals surface area contributed by atoms with Crippen LogP contribution < -0.4 is 10.6 Å². The van der Waals surface area contributed by atoms with Crippen LogP contribution in [-0.4, -0.2) is 77.0 Å². The molecule has 152 valence electrons. The van der Waals surface area contributed by atoms with E-state index in [9.17, 15) is 4.79 Å². The van der Waals surface area contributed by atoms with E-state index in [0.29, 0.717) is 0 Å². The van der Waals surface area contributed by atoms with Crippen molar-refractivity contribution in [1.29, 1.82) is 0 Å². The van der Waals surface area contributed by atoms with Crippen LogP contribution in [0.15, 0.2) is 24.3 Å². The monoisotopic (exact) mass is 419 g/mol. The first kappa shape index (κ1) is 19.9. The van der Waals surface area contributed by atoms with Gasteiger partial charge in [-0.3, -0.25) is 9.69 Å². The SMILES string of the molecule is N[C@@H](CCCCN1CCN(c2nsc3ccccc23)CC1)C(=O)N1CCSC1. The number of nitrogens with two attached hydrogens (primary N) is 1. The summed E-state index contributed by atoms with van der Waals surface area (Å²) in [6.07, 6.45) is 2.92. The molecule has 0 saturated carbocycles. The molecule has 2 aliphatic rings. The number of aromatic nitrogens is 1. The number of hydrogen-bond donors (Lipinski definition) is 1. The van der Waals surface area contributed by atoms with E-state index in [1.54, 1.807) is 11.5 Å². The molecule has 1 amide bonds. The van der Waals surface area contributed by atoms with Gasteiger partial charge in [0.2, 0.25) is 5.91 Å². The molecule has 2 aliphatic heterocycles. The maximum absolute atomic E-state index is 12.2. The fraction of sp³-hybridized carbons (Fsp3) is 0.600. The van der Waals surface area contributed by atoms with Gasteiger partial charge in [-0.2, -0.15) is 4.37 Å². The largest absolute Gasteiger partial charge is 0.353 e. The molecule has 28 heavy (non-hydrogen) atoms. The average Bonchev–Trinajstić information content (AvgIpc) is 3.41. The first-order valence-corrected chi connectivity index (χ1v) is 12.1. The third-order valence-corrected chi connectivity index (χ3v) is 7.43. The van der Waals surface area contributed by atoms with Crippen molar-refractivity contribution in [2.75, 3.05) is 55.8 Å². The fourth-order valence-corrected chi connectivity index (χ4v) is 5.68. The van der Waals surface area contributed by atoms with E-state index < -0.39 is 0 Å². The molecule has 8 heteroatoms. The predicted molar refractivity (Wildman–Crippen MR) is 119 cm³/mol. The summed E-state index contributed by atoms with van der Waals surface area (Å²) in [6, 6.07) is 8.16. The van der Waals surface area contributed by atoms with Crippen LogP contribution in [0.1, 0.15) is 19.3 Å². The van der Waals surface area contributed by atoms with Crippen molar-refractivity contribution in [3.8, 4) is 0 Å². The van der Waals surface area contributed by atoms with Crippen LogP contribution in [0.3, 0.4) is 0 Å². The summed E-state index contributed by atoms with van der Waals surface area (Å²) in [6.45, 7) is 6.14. The minimum Gasteiger partial charge on any atom is -0.353 e. The van der Waals surface area contributed by atoms with E-state index in [1.165, 1.54) is 10.1 Å². The second kappa shape index (κ2) is 9.43. The predicted octanol–water partition coefficient (Wildman–Crippen LogP) is 2.45. The Bertz CT molecular complexity index is 784. The highest BCUT2D eigenvalue weighted by Gasteiger charge is 2.24. The summed E-state index contributed by atoms with van der Waals surface area (Å²) in [7, 11) is 0. The van der Waals surface area contributed by atoms with Crippen molar-refractivity contribution in [3.63, 3.8) is 0 Å². The normalized spacial score (nSPS) is 19.5. The van der Waals surface area contributed by atoms with Gasteiger partial charge in [0.1, 0.15) is 5.82 Å². The smallest absolute Gasteiger partial charge is 0.240 e. The Morgan fingerprint density at radius 3 is 2.75 bits per heavy atom. The molecule has 2 saturated heterocycles. The number of nitrogens with zero attached hydrogens (tertiary/aromatic N) is 4. The first-order chi connectivity index (χ1) is 13.7. The van der Waals surface area contributed by atoms with Gasteiger partial charge in [0.15, 0.2) is 0 Å². The summed E-state index contributed by atoms with van der Waals surface area (Å²) in [5, 5.41) is 1.27. The lowest BCUT2D eigenvalue weighted by Crippen LogP contribution is -2.47. The minimum atomic E-state index is -0.325. The second-order valence-corrected chi connectivity index (χ2v) is 9.45. The van der Waals surface area contributed by atoms with Crippen molar-refractivity contribution in [2.45, 2.75) is 25.3 Å². The van der Waals surface area contributed by atoms with E-state index >= 15 is 0 Å². The summed E-state index contributed by atoms with van der Waals surface area (Å²) < 4.78 is 5.95. The number of carbonyl (C=O) groups excluding carboxylic acids is 1. The maximum atomic E-state index is 12.2. The van der Waals surface area contributed by atoms with Gasteiger partial charge in [-0.05, 0) is 43.1 Å². The van der Waals surface area contributed by atoms with Gasteiger partial charge in [0, 0.05) is 43.9 Å².